The first-order chi connectivity index (χ1) is 8.61. The number of aromatic nitrogens is 1. The molecule has 1 amide bonds. The van der Waals surface area contributed by atoms with Crippen molar-refractivity contribution in [3.8, 4) is 0 Å². The van der Waals surface area contributed by atoms with Crippen LogP contribution in [0.2, 0.25) is 0 Å². The summed E-state index contributed by atoms with van der Waals surface area (Å²) in [6.45, 7) is 1.31. The predicted molar refractivity (Wildman–Crippen MR) is 66.8 cm³/mol. The Hall–Kier alpha value is -1.56. The van der Waals surface area contributed by atoms with Gasteiger partial charge in [-0.2, -0.15) is 0 Å². The van der Waals surface area contributed by atoms with Crippen molar-refractivity contribution in [2.45, 2.75) is 12.8 Å². The summed E-state index contributed by atoms with van der Waals surface area (Å²) in [7, 11) is 0. The van der Waals surface area contributed by atoms with Crippen LogP contribution in [-0.4, -0.2) is 39.7 Å². The van der Waals surface area contributed by atoms with Crippen LogP contribution in [0.4, 0.5) is 5.69 Å². The number of aromatic amines is 1. The monoisotopic (exact) mass is 271 g/mol. The van der Waals surface area contributed by atoms with E-state index < -0.39 is 4.92 Å². The molecule has 1 aliphatic heterocycles. The second-order valence-electron chi connectivity index (χ2n) is 4.42. The summed E-state index contributed by atoms with van der Waals surface area (Å²) in [4.78, 5) is 26.4. The van der Waals surface area contributed by atoms with Gasteiger partial charge in [0.15, 0.2) is 0 Å². The molecule has 0 spiro atoms. The fourth-order valence-electron chi connectivity index (χ4n) is 2.07. The van der Waals surface area contributed by atoms with Gasteiger partial charge in [0.25, 0.3) is 11.6 Å². The lowest BCUT2D eigenvalue weighted by atomic mass is 9.99. The standard InChI is InChI=1S/C11H14ClN3O3/c12-6-8-1-3-14(4-2-8)11(16)10-5-9(7-13-10)15(17)18/h5,7-8,13H,1-4,6H2. The zero-order valence-electron chi connectivity index (χ0n) is 9.76. The van der Waals surface area contributed by atoms with Gasteiger partial charge >= 0.3 is 0 Å². The minimum Gasteiger partial charge on any atom is -0.351 e. The number of carbonyl (C=O) groups excluding carboxylic acids is 1. The SMILES string of the molecule is O=C(c1cc([N+](=O)[O-])c[nH]1)N1CCC(CCl)CC1. The molecule has 1 saturated heterocycles. The molecule has 0 saturated carbocycles. The lowest BCUT2D eigenvalue weighted by Crippen LogP contribution is -2.38. The average molecular weight is 272 g/mol. The van der Waals surface area contributed by atoms with E-state index in [-0.39, 0.29) is 17.3 Å². The highest BCUT2D eigenvalue weighted by atomic mass is 35.5. The third-order valence-electron chi connectivity index (χ3n) is 3.23. The first-order valence-electron chi connectivity index (χ1n) is 5.80. The lowest BCUT2D eigenvalue weighted by Gasteiger charge is -2.30. The van der Waals surface area contributed by atoms with Crippen LogP contribution in [0.25, 0.3) is 0 Å². The molecule has 2 heterocycles. The predicted octanol–water partition coefficient (Wildman–Crippen LogP) is 2.01. The van der Waals surface area contributed by atoms with Crippen molar-refractivity contribution in [1.82, 2.24) is 9.88 Å². The Labute approximate surface area is 109 Å². The van der Waals surface area contributed by atoms with E-state index in [1.165, 1.54) is 12.3 Å². The summed E-state index contributed by atoms with van der Waals surface area (Å²) < 4.78 is 0. The first-order valence-corrected chi connectivity index (χ1v) is 6.33. The van der Waals surface area contributed by atoms with Gasteiger partial charge in [-0.25, -0.2) is 0 Å². The third kappa shape index (κ3) is 2.64. The van der Waals surface area contributed by atoms with Gasteiger partial charge in [-0.1, -0.05) is 0 Å². The van der Waals surface area contributed by atoms with Crippen molar-refractivity contribution in [3.63, 3.8) is 0 Å². The number of hydrogen-bond donors (Lipinski definition) is 1. The zero-order chi connectivity index (χ0) is 13.1. The van der Waals surface area contributed by atoms with E-state index in [1.54, 1.807) is 4.90 Å². The number of nitrogens with zero attached hydrogens (tertiary/aromatic N) is 2. The number of halogens is 1. The summed E-state index contributed by atoms with van der Waals surface area (Å²) in [6.07, 6.45) is 3.01. The molecule has 0 bridgehead atoms. The van der Waals surface area contributed by atoms with Crippen molar-refractivity contribution >= 4 is 23.2 Å². The maximum absolute atomic E-state index is 12.1. The number of piperidine rings is 1. The normalized spacial score (nSPS) is 16.8. The second-order valence-corrected chi connectivity index (χ2v) is 4.73. The van der Waals surface area contributed by atoms with E-state index in [0.717, 1.165) is 12.8 Å². The molecule has 0 atom stereocenters. The van der Waals surface area contributed by atoms with Crippen LogP contribution in [-0.2, 0) is 0 Å². The molecular weight excluding hydrogens is 258 g/mol. The molecular formula is C11H14ClN3O3. The van der Waals surface area contributed by atoms with E-state index in [0.29, 0.717) is 24.9 Å². The van der Waals surface area contributed by atoms with Gasteiger partial charge in [-0.05, 0) is 18.8 Å². The van der Waals surface area contributed by atoms with Crippen molar-refractivity contribution < 1.29 is 9.72 Å². The molecule has 1 aromatic rings. The van der Waals surface area contributed by atoms with Crippen molar-refractivity contribution in [2.24, 2.45) is 5.92 Å². The number of H-pyrrole nitrogens is 1. The Bertz CT molecular complexity index is 452. The molecule has 1 aliphatic rings. The van der Waals surface area contributed by atoms with E-state index in [4.69, 9.17) is 11.6 Å². The van der Waals surface area contributed by atoms with Crippen molar-refractivity contribution in [3.05, 3.63) is 28.1 Å². The molecule has 0 unspecified atom stereocenters. The van der Waals surface area contributed by atoms with Gasteiger partial charge in [0.1, 0.15) is 5.69 Å². The number of amides is 1. The highest BCUT2D eigenvalue weighted by Crippen LogP contribution is 2.21. The number of hydrogen-bond acceptors (Lipinski definition) is 3. The maximum atomic E-state index is 12.1. The number of likely N-dealkylation sites (tertiary alicyclic amines) is 1. The van der Waals surface area contributed by atoms with Crippen LogP contribution in [0.15, 0.2) is 12.3 Å². The lowest BCUT2D eigenvalue weighted by molar-refractivity contribution is -0.384. The number of rotatable bonds is 3. The van der Waals surface area contributed by atoms with Gasteiger partial charge in [0, 0.05) is 25.0 Å². The fraction of sp³-hybridized carbons (Fsp3) is 0.545. The van der Waals surface area contributed by atoms with Gasteiger partial charge in [0.05, 0.1) is 11.1 Å². The summed E-state index contributed by atoms with van der Waals surface area (Å²) in [5, 5.41) is 10.5. The number of carbonyl (C=O) groups is 1. The van der Waals surface area contributed by atoms with Crippen molar-refractivity contribution in [2.75, 3.05) is 19.0 Å². The van der Waals surface area contributed by atoms with Gasteiger partial charge < -0.3 is 9.88 Å². The van der Waals surface area contributed by atoms with Gasteiger partial charge in [0.2, 0.25) is 0 Å². The number of alkyl halides is 1. The Morgan fingerprint density at radius 2 is 2.22 bits per heavy atom. The van der Waals surface area contributed by atoms with Crippen LogP contribution >= 0.6 is 11.6 Å². The minimum absolute atomic E-state index is 0.0889. The largest absolute Gasteiger partial charge is 0.351 e. The van der Waals surface area contributed by atoms with E-state index in [2.05, 4.69) is 4.98 Å². The van der Waals surface area contributed by atoms with Crippen LogP contribution in [0.1, 0.15) is 23.3 Å². The Balaban J connectivity index is 2.01. The summed E-state index contributed by atoms with van der Waals surface area (Å²) in [6, 6.07) is 1.27. The second kappa shape index (κ2) is 5.39. The van der Waals surface area contributed by atoms with Crippen LogP contribution in [0.3, 0.4) is 0 Å². The molecule has 2 rings (SSSR count). The van der Waals surface area contributed by atoms with Gasteiger partial charge in [-0.15, -0.1) is 11.6 Å². The molecule has 0 aromatic carbocycles. The molecule has 1 N–H and O–H groups in total. The number of nitrogens with one attached hydrogen (secondary N) is 1. The van der Waals surface area contributed by atoms with E-state index in [9.17, 15) is 14.9 Å². The molecule has 1 aromatic heterocycles. The maximum Gasteiger partial charge on any atom is 0.287 e. The Kier molecular flexibility index (Phi) is 3.86. The van der Waals surface area contributed by atoms with E-state index >= 15 is 0 Å². The van der Waals surface area contributed by atoms with Crippen LogP contribution in [0, 0.1) is 16.0 Å². The molecule has 98 valence electrons. The third-order valence-corrected chi connectivity index (χ3v) is 3.67. The highest BCUT2D eigenvalue weighted by Gasteiger charge is 2.25. The molecule has 18 heavy (non-hydrogen) atoms. The molecule has 1 fully saturated rings. The zero-order valence-corrected chi connectivity index (χ0v) is 10.5. The van der Waals surface area contributed by atoms with Crippen molar-refractivity contribution in [1.29, 1.82) is 0 Å². The number of nitro groups is 1. The molecule has 0 aliphatic carbocycles. The molecule has 7 heteroatoms. The van der Waals surface area contributed by atoms with E-state index in [1.807, 2.05) is 0 Å². The van der Waals surface area contributed by atoms with Crippen LogP contribution in [0.5, 0.6) is 0 Å². The summed E-state index contributed by atoms with van der Waals surface area (Å²) in [5.74, 6) is 0.903. The molecule has 0 radical (unpaired) electrons. The summed E-state index contributed by atoms with van der Waals surface area (Å²) in [5.41, 5.74) is 0.181. The van der Waals surface area contributed by atoms with Crippen LogP contribution < -0.4 is 0 Å². The Morgan fingerprint density at radius 1 is 1.56 bits per heavy atom. The smallest absolute Gasteiger partial charge is 0.287 e. The fourth-order valence-corrected chi connectivity index (χ4v) is 2.38. The average Bonchev–Trinajstić information content (AvgIpc) is 2.88. The molecule has 6 nitrogen and oxygen atoms in total. The summed E-state index contributed by atoms with van der Waals surface area (Å²) >= 11 is 5.78. The Morgan fingerprint density at radius 3 is 2.72 bits per heavy atom. The quantitative estimate of drug-likeness (QED) is 0.519. The van der Waals surface area contributed by atoms with Gasteiger partial charge in [-0.3, -0.25) is 14.9 Å². The first kappa shape index (κ1) is 12.9. The minimum atomic E-state index is -0.521. The highest BCUT2D eigenvalue weighted by molar-refractivity contribution is 6.18. The topological polar surface area (TPSA) is 79.2 Å².